The van der Waals surface area contributed by atoms with Gasteiger partial charge in [-0.05, 0) is 36.8 Å². The van der Waals surface area contributed by atoms with Crippen LogP contribution in [0.3, 0.4) is 0 Å². The molecule has 134 valence electrons. The van der Waals surface area contributed by atoms with Crippen LogP contribution < -0.4 is 9.62 Å². The monoisotopic (exact) mass is 360 g/mol. The lowest BCUT2D eigenvalue weighted by molar-refractivity contribution is 0.0993. The van der Waals surface area contributed by atoms with Crippen molar-refractivity contribution in [1.29, 1.82) is 0 Å². The summed E-state index contributed by atoms with van der Waals surface area (Å²) in [6.45, 7) is 2.46. The van der Waals surface area contributed by atoms with Crippen LogP contribution in [0.15, 0.2) is 59.5 Å². The number of nitrogens with zero attached hydrogens (tertiary/aromatic N) is 1. The second-order valence-electron chi connectivity index (χ2n) is 5.83. The van der Waals surface area contributed by atoms with Crippen molar-refractivity contribution >= 4 is 21.6 Å². The van der Waals surface area contributed by atoms with Gasteiger partial charge in [-0.25, -0.2) is 13.1 Å². The Bertz CT molecular complexity index is 804. The predicted octanol–water partition coefficient (Wildman–Crippen LogP) is 3.43. The van der Waals surface area contributed by atoms with Gasteiger partial charge in [-0.1, -0.05) is 44.0 Å². The van der Waals surface area contributed by atoms with E-state index in [1.807, 2.05) is 30.3 Å². The molecule has 0 atom stereocenters. The molecule has 2 aromatic rings. The highest BCUT2D eigenvalue weighted by atomic mass is 32.2. The van der Waals surface area contributed by atoms with E-state index in [0.29, 0.717) is 12.1 Å². The molecule has 0 bridgehead atoms. The Kier molecular flexibility index (Phi) is 6.73. The standard InChI is InChI=1S/C19H24N2O3S/c1-3-4-8-14-20-25(23,24)18-13-9-10-16(15-18)19(22)21(2)17-11-6-5-7-12-17/h5-7,9-13,15,20H,3-4,8,14H2,1-2H3. The number of amides is 1. The molecule has 0 aliphatic heterocycles. The molecule has 6 heteroatoms. The lowest BCUT2D eigenvalue weighted by Crippen LogP contribution is -2.27. The number of hydrogen-bond donors (Lipinski definition) is 1. The van der Waals surface area contributed by atoms with Gasteiger partial charge in [0.1, 0.15) is 0 Å². The molecule has 0 unspecified atom stereocenters. The van der Waals surface area contributed by atoms with Crippen LogP contribution in [0.25, 0.3) is 0 Å². The third kappa shape index (κ3) is 5.14. The van der Waals surface area contributed by atoms with Gasteiger partial charge in [0.15, 0.2) is 0 Å². The van der Waals surface area contributed by atoms with Gasteiger partial charge < -0.3 is 4.90 Å². The molecular formula is C19H24N2O3S. The summed E-state index contributed by atoms with van der Waals surface area (Å²) in [4.78, 5) is 14.2. The molecule has 2 aromatic carbocycles. The zero-order chi connectivity index (χ0) is 18.3. The Morgan fingerprint density at radius 2 is 1.76 bits per heavy atom. The Morgan fingerprint density at radius 1 is 1.04 bits per heavy atom. The summed E-state index contributed by atoms with van der Waals surface area (Å²) in [7, 11) is -1.94. The van der Waals surface area contributed by atoms with E-state index in [4.69, 9.17) is 0 Å². The van der Waals surface area contributed by atoms with Crippen LogP contribution in [-0.2, 0) is 10.0 Å². The predicted molar refractivity (Wildman–Crippen MR) is 100 cm³/mol. The van der Waals surface area contributed by atoms with Gasteiger partial charge in [-0.15, -0.1) is 0 Å². The Balaban J connectivity index is 2.16. The van der Waals surface area contributed by atoms with Crippen molar-refractivity contribution < 1.29 is 13.2 Å². The minimum absolute atomic E-state index is 0.108. The molecule has 0 aliphatic rings. The molecule has 0 radical (unpaired) electrons. The van der Waals surface area contributed by atoms with Crippen molar-refractivity contribution in [2.45, 2.75) is 31.1 Å². The van der Waals surface area contributed by atoms with Gasteiger partial charge in [0.2, 0.25) is 10.0 Å². The summed E-state index contributed by atoms with van der Waals surface area (Å²) < 4.78 is 27.3. The summed E-state index contributed by atoms with van der Waals surface area (Å²) in [6, 6.07) is 15.4. The number of hydrogen-bond acceptors (Lipinski definition) is 3. The molecule has 0 saturated carbocycles. The number of para-hydroxylation sites is 1. The highest BCUT2D eigenvalue weighted by Crippen LogP contribution is 2.17. The fourth-order valence-corrected chi connectivity index (χ4v) is 3.54. The van der Waals surface area contributed by atoms with Gasteiger partial charge in [0.05, 0.1) is 4.90 Å². The first-order valence-electron chi connectivity index (χ1n) is 8.38. The van der Waals surface area contributed by atoms with Gasteiger partial charge in [-0.2, -0.15) is 0 Å². The smallest absolute Gasteiger partial charge is 0.258 e. The molecule has 5 nitrogen and oxygen atoms in total. The molecule has 25 heavy (non-hydrogen) atoms. The maximum absolute atomic E-state index is 12.6. The number of carbonyl (C=O) groups is 1. The van der Waals surface area contributed by atoms with Crippen molar-refractivity contribution in [3.05, 3.63) is 60.2 Å². The van der Waals surface area contributed by atoms with Crippen LogP contribution in [0, 0.1) is 0 Å². The average Bonchev–Trinajstić information content (AvgIpc) is 2.65. The third-order valence-electron chi connectivity index (χ3n) is 3.91. The first-order chi connectivity index (χ1) is 12.0. The molecule has 1 N–H and O–H groups in total. The molecule has 0 aliphatic carbocycles. The topological polar surface area (TPSA) is 66.5 Å². The highest BCUT2D eigenvalue weighted by molar-refractivity contribution is 7.89. The van der Waals surface area contributed by atoms with E-state index in [-0.39, 0.29) is 10.8 Å². The van der Waals surface area contributed by atoms with Crippen molar-refractivity contribution in [2.75, 3.05) is 18.5 Å². The lowest BCUT2D eigenvalue weighted by atomic mass is 10.2. The number of unbranched alkanes of at least 4 members (excludes halogenated alkanes) is 2. The summed E-state index contributed by atoms with van der Waals surface area (Å²) >= 11 is 0. The normalized spacial score (nSPS) is 11.3. The largest absolute Gasteiger partial charge is 0.311 e. The zero-order valence-corrected chi connectivity index (χ0v) is 15.4. The van der Waals surface area contributed by atoms with Crippen molar-refractivity contribution in [3.63, 3.8) is 0 Å². The number of sulfonamides is 1. The van der Waals surface area contributed by atoms with Crippen LogP contribution in [0.1, 0.15) is 36.5 Å². The Labute approximate surface area is 149 Å². The van der Waals surface area contributed by atoms with Crippen molar-refractivity contribution in [3.8, 4) is 0 Å². The summed E-state index contributed by atoms with van der Waals surface area (Å²) in [5.74, 6) is -0.255. The van der Waals surface area contributed by atoms with Crippen molar-refractivity contribution in [2.24, 2.45) is 0 Å². The van der Waals surface area contributed by atoms with E-state index in [1.165, 1.54) is 17.0 Å². The molecule has 0 aromatic heterocycles. The fraction of sp³-hybridized carbons (Fsp3) is 0.316. The molecular weight excluding hydrogens is 336 g/mol. The molecule has 0 saturated heterocycles. The zero-order valence-electron chi connectivity index (χ0n) is 14.6. The van der Waals surface area contributed by atoms with E-state index >= 15 is 0 Å². The first kappa shape index (κ1) is 19.1. The minimum atomic E-state index is -3.61. The number of carbonyl (C=O) groups excluding carboxylic acids is 1. The van der Waals surface area contributed by atoms with Gasteiger partial charge >= 0.3 is 0 Å². The van der Waals surface area contributed by atoms with Gasteiger partial charge in [-0.3, -0.25) is 4.79 Å². The molecule has 1 amide bonds. The summed E-state index contributed by atoms with van der Waals surface area (Å²) in [6.07, 6.45) is 2.80. The van der Waals surface area contributed by atoms with Gasteiger partial charge in [0, 0.05) is 24.8 Å². The van der Waals surface area contributed by atoms with Crippen LogP contribution >= 0.6 is 0 Å². The average molecular weight is 360 g/mol. The molecule has 0 spiro atoms. The Morgan fingerprint density at radius 3 is 2.44 bits per heavy atom. The quantitative estimate of drug-likeness (QED) is 0.734. The van der Waals surface area contributed by atoms with Gasteiger partial charge in [0.25, 0.3) is 5.91 Å². The number of nitrogens with one attached hydrogen (secondary N) is 1. The van der Waals surface area contributed by atoms with Crippen molar-refractivity contribution in [1.82, 2.24) is 4.72 Å². The molecule has 0 fully saturated rings. The van der Waals surface area contributed by atoms with Crippen LogP contribution in [-0.4, -0.2) is 27.9 Å². The second kappa shape index (κ2) is 8.78. The molecule has 2 rings (SSSR count). The highest BCUT2D eigenvalue weighted by Gasteiger charge is 2.18. The van der Waals surface area contributed by atoms with Crippen LogP contribution in [0.5, 0.6) is 0 Å². The maximum Gasteiger partial charge on any atom is 0.258 e. The number of rotatable bonds is 8. The summed E-state index contributed by atoms with van der Waals surface area (Å²) in [5.41, 5.74) is 1.08. The number of anilines is 1. The van der Waals surface area contributed by atoms with E-state index < -0.39 is 10.0 Å². The first-order valence-corrected chi connectivity index (χ1v) is 9.87. The van der Waals surface area contributed by atoms with Crippen LogP contribution in [0.4, 0.5) is 5.69 Å². The molecule has 0 heterocycles. The second-order valence-corrected chi connectivity index (χ2v) is 7.60. The SMILES string of the molecule is CCCCCNS(=O)(=O)c1cccc(C(=O)N(C)c2ccccc2)c1. The van der Waals surface area contributed by atoms with E-state index in [2.05, 4.69) is 11.6 Å². The van der Waals surface area contributed by atoms with E-state index in [1.54, 1.807) is 19.2 Å². The van der Waals surface area contributed by atoms with Crippen LogP contribution in [0.2, 0.25) is 0 Å². The minimum Gasteiger partial charge on any atom is -0.311 e. The van der Waals surface area contributed by atoms with E-state index in [0.717, 1.165) is 24.9 Å². The third-order valence-corrected chi connectivity index (χ3v) is 5.37. The summed E-state index contributed by atoms with van der Waals surface area (Å²) in [5, 5.41) is 0. The maximum atomic E-state index is 12.6. The lowest BCUT2D eigenvalue weighted by Gasteiger charge is -2.17. The van der Waals surface area contributed by atoms with E-state index in [9.17, 15) is 13.2 Å². The fourth-order valence-electron chi connectivity index (χ4n) is 2.42. The Hall–Kier alpha value is -2.18. The number of benzene rings is 2.